The average Bonchev–Trinajstić information content (AvgIpc) is 3.50. The lowest BCUT2D eigenvalue weighted by molar-refractivity contribution is -0.154. The van der Waals surface area contributed by atoms with Gasteiger partial charge in [0.05, 0.1) is 6.42 Å². The van der Waals surface area contributed by atoms with Gasteiger partial charge in [0.1, 0.15) is 17.3 Å². The van der Waals surface area contributed by atoms with Gasteiger partial charge in [-0.2, -0.15) is 13.2 Å². The van der Waals surface area contributed by atoms with Crippen LogP contribution in [0.15, 0.2) is 30.6 Å². The number of nitrogens with zero attached hydrogens (tertiary/aromatic N) is 3. The summed E-state index contributed by atoms with van der Waals surface area (Å²) in [4.78, 5) is 36.0. The fourth-order valence-electron chi connectivity index (χ4n) is 2.35. The molecule has 0 atom stereocenters. The number of carbonyl (C=O) groups is 2. The van der Waals surface area contributed by atoms with Crippen LogP contribution in [-0.4, -0.2) is 39.4 Å². The maximum atomic E-state index is 12.2. The Labute approximate surface area is 158 Å². The van der Waals surface area contributed by atoms with Crippen molar-refractivity contribution in [2.75, 3.05) is 6.61 Å². The molecule has 0 radical (unpaired) electrons. The van der Waals surface area contributed by atoms with Crippen molar-refractivity contribution >= 4 is 11.7 Å². The molecule has 1 fully saturated rings. The number of rotatable bonds is 8. The van der Waals surface area contributed by atoms with E-state index in [0.29, 0.717) is 11.4 Å². The minimum absolute atomic E-state index is 0.0801. The van der Waals surface area contributed by atoms with Gasteiger partial charge in [0.15, 0.2) is 6.61 Å². The van der Waals surface area contributed by atoms with Crippen molar-refractivity contribution in [3.8, 4) is 5.88 Å². The number of hydrogen-bond donors (Lipinski definition) is 1. The second-order valence-electron chi connectivity index (χ2n) is 6.37. The third-order valence-electron chi connectivity index (χ3n) is 3.94. The lowest BCUT2D eigenvalue weighted by Crippen LogP contribution is -2.24. The fourth-order valence-corrected chi connectivity index (χ4v) is 2.35. The first-order chi connectivity index (χ1) is 13.3. The van der Waals surface area contributed by atoms with Crippen LogP contribution in [0.25, 0.3) is 0 Å². The van der Waals surface area contributed by atoms with Gasteiger partial charge in [-0.3, -0.25) is 9.59 Å². The number of halogens is 3. The molecule has 1 amide bonds. The SMILES string of the molecule is O=C(NCc1ccc(OCC(F)(F)F)nc1)c1ccnc(CC(=O)C2CC2)n1. The van der Waals surface area contributed by atoms with Crippen LogP contribution in [-0.2, 0) is 17.8 Å². The summed E-state index contributed by atoms with van der Waals surface area (Å²) in [6.07, 6.45) is 0.195. The first-order valence-electron chi connectivity index (χ1n) is 8.57. The Bertz CT molecular complexity index is 852. The van der Waals surface area contributed by atoms with Crippen molar-refractivity contribution in [2.45, 2.75) is 32.0 Å². The van der Waals surface area contributed by atoms with Crippen molar-refractivity contribution in [1.82, 2.24) is 20.3 Å². The number of aromatic nitrogens is 3. The lowest BCUT2D eigenvalue weighted by Gasteiger charge is -2.09. The molecule has 7 nitrogen and oxygen atoms in total. The van der Waals surface area contributed by atoms with E-state index in [-0.39, 0.29) is 36.2 Å². The molecule has 2 aromatic heterocycles. The highest BCUT2D eigenvalue weighted by Crippen LogP contribution is 2.30. The largest absolute Gasteiger partial charge is 0.468 e. The Morgan fingerprint density at radius 2 is 1.96 bits per heavy atom. The first-order valence-corrected chi connectivity index (χ1v) is 8.57. The van der Waals surface area contributed by atoms with Gasteiger partial charge in [-0.1, -0.05) is 6.07 Å². The van der Waals surface area contributed by atoms with Gasteiger partial charge < -0.3 is 10.1 Å². The predicted molar refractivity (Wildman–Crippen MR) is 90.4 cm³/mol. The molecule has 1 aliphatic carbocycles. The summed E-state index contributed by atoms with van der Waals surface area (Å²) in [5.41, 5.74) is 0.706. The molecule has 0 bridgehead atoms. The monoisotopic (exact) mass is 394 g/mol. The Kier molecular flexibility index (Phi) is 5.86. The van der Waals surface area contributed by atoms with E-state index in [2.05, 4.69) is 25.0 Å². The highest BCUT2D eigenvalue weighted by Gasteiger charge is 2.30. The van der Waals surface area contributed by atoms with Crippen molar-refractivity contribution in [3.63, 3.8) is 0 Å². The Hall–Kier alpha value is -3.04. The average molecular weight is 394 g/mol. The van der Waals surface area contributed by atoms with Gasteiger partial charge in [-0.05, 0) is 24.5 Å². The third kappa shape index (κ3) is 6.00. The van der Waals surface area contributed by atoms with Crippen LogP contribution in [0, 0.1) is 5.92 Å². The van der Waals surface area contributed by atoms with Gasteiger partial charge in [0.2, 0.25) is 5.88 Å². The van der Waals surface area contributed by atoms with Crippen molar-refractivity contribution in [3.05, 3.63) is 47.7 Å². The molecule has 1 aliphatic rings. The third-order valence-corrected chi connectivity index (χ3v) is 3.94. The molecule has 0 aliphatic heterocycles. The Morgan fingerprint density at radius 1 is 1.18 bits per heavy atom. The summed E-state index contributed by atoms with van der Waals surface area (Å²) in [6, 6.07) is 4.23. The number of Topliss-reactive ketones (excluding diaryl/α,β-unsaturated/α-hetero) is 1. The zero-order chi connectivity index (χ0) is 20.1. The number of alkyl halides is 3. The topological polar surface area (TPSA) is 94.1 Å². The van der Waals surface area contributed by atoms with E-state index >= 15 is 0 Å². The van der Waals surface area contributed by atoms with Crippen LogP contribution < -0.4 is 10.1 Å². The molecular formula is C18H17F3N4O3. The number of nitrogens with one attached hydrogen (secondary N) is 1. The Balaban J connectivity index is 1.51. The minimum Gasteiger partial charge on any atom is -0.468 e. The number of amides is 1. The normalized spacial score (nSPS) is 13.8. The first kappa shape index (κ1) is 19.7. The summed E-state index contributed by atoms with van der Waals surface area (Å²) in [5.74, 6) is -0.140. The molecule has 148 valence electrons. The molecule has 0 unspecified atom stereocenters. The fraction of sp³-hybridized carbons (Fsp3) is 0.389. The summed E-state index contributed by atoms with van der Waals surface area (Å²) in [7, 11) is 0. The number of pyridine rings is 1. The minimum atomic E-state index is -4.44. The smallest absolute Gasteiger partial charge is 0.422 e. The van der Waals surface area contributed by atoms with Gasteiger partial charge in [0.25, 0.3) is 5.91 Å². The molecule has 0 aromatic carbocycles. The zero-order valence-electron chi connectivity index (χ0n) is 14.7. The van der Waals surface area contributed by atoms with Crippen molar-refractivity contribution in [1.29, 1.82) is 0 Å². The number of hydrogen-bond acceptors (Lipinski definition) is 6. The van der Waals surface area contributed by atoms with Crippen LogP contribution in [0.1, 0.15) is 34.7 Å². The molecular weight excluding hydrogens is 377 g/mol. The number of ether oxygens (including phenoxy) is 1. The molecule has 0 spiro atoms. The number of carbonyl (C=O) groups excluding carboxylic acids is 2. The van der Waals surface area contributed by atoms with Gasteiger partial charge in [-0.25, -0.2) is 15.0 Å². The molecule has 1 saturated carbocycles. The molecule has 1 N–H and O–H groups in total. The van der Waals surface area contributed by atoms with E-state index in [1.807, 2.05) is 0 Å². The van der Waals surface area contributed by atoms with E-state index in [1.165, 1.54) is 30.6 Å². The van der Waals surface area contributed by atoms with Crippen LogP contribution in [0.2, 0.25) is 0 Å². The van der Waals surface area contributed by atoms with Crippen LogP contribution in [0.4, 0.5) is 13.2 Å². The van der Waals surface area contributed by atoms with Crippen molar-refractivity contribution in [2.24, 2.45) is 5.92 Å². The Morgan fingerprint density at radius 3 is 2.61 bits per heavy atom. The molecule has 2 heterocycles. The van der Waals surface area contributed by atoms with Crippen LogP contribution in [0.5, 0.6) is 5.88 Å². The van der Waals surface area contributed by atoms with E-state index in [9.17, 15) is 22.8 Å². The summed E-state index contributed by atoms with van der Waals surface area (Å²) < 4.78 is 40.8. The molecule has 10 heteroatoms. The van der Waals surface area contributed by atoms with Crippen molar-refractivity contribution < 1.29 is 27.5 Å². The van der Waals surface area contributed by atoms with E-state index in [1.54, 1.807) is 0 Å². The molecule has 0 saturated heterocycles. The number of ketones is 1. The van der Waals surface area contributed by atoms with Gasteiger partial charge >= 0.3 is 6.18 Å². The summed E-state index contributed by atoms with van der Waals surface area (Å²) >= 11 is 0. The van der Waals surface area contributed by atoms with E-state index in [0.717, 1.165) is 12.8 Å². The van der Waals surface area contributed by atoms with Crippen LogP contribution >= 0.6 is 0 Å². The molecule has 3 rings (SSSR count). The molecule has 2 aromatic rings. The van der Waals surface area contributed by atoms with Crippen LogP contribution in [0.3, 0.4) is 0 Å². The summed E-state index contributed by atoms with van der Waals surface area (Å²) in [5, 5.41) is 2.63. The molecule has 28 heavy (non-hydrogen) atoms. The maximum Gasteiger partial charge on any atom is 0.422 e. The zero-order valence-corrected chi connectivity index (χ0v) is 14.7. The standard InChI is InChI=1S/C18H17F3N4O3/c19-18(20,21)10-28-16-4-1-11(8-23-16)9-24-17(27)13-5-6-22-15(25-13)7-14(26)12-2-3-12/h1,4-6,8,12H,2-3,7,9-10H2,(H,24,27). The van der Waals surface area contributed by atoms with Gasteiger partial charge in [-0.15, -0.1) is 0 Å². The van der Waals surface area contributed by atoms with Gasteiger partial charge in [0, 0.05) is 30.9 Å². The lowest BCUT2D eigenvalue weighted by atomic mass is 10.2. The predicted octanol–water partition coefficient (Wildman–Crippen LogP) is 2.26. The quantitative estimate of drug-likeness (QED) is 0.738. The summed E-state index contributed by atoms with van der Waals surface area (Å²) in [6.45, 7) is -1.32. The van der Waals surface area contributed by atoms with E-state index in [4.69, 9.17) is 0 Å². The van der Waals surface area contributed by atoms with E-state index < -0.39 is 18.7 Å². The highest BCUT2D eigenvalue weighted by molar-refractivity contribution is 5.92. The highest BCUT2D eigenvalue weighted by atomic mass is 19.4. The second kappa shape index (κ2) is 8.32. The maximum absolute atomic E-state index is 12.2. The second-order valence-corrected chi connectivity index (χ2v) is 6.37.